The molecule has 0 unspecified atom stereocenters. The molecule has 3 rings (SSSR count). The summed E-state index contributed by atoms with van der Waals surface area (Å²) in [6.45, 7) is 0.400. The molecule has 0 radical (unpaired) electrons. The molecule has 2 N–H and O–H groups in total. The van der Waals surface area contributed by atoms with E-state index in [0.29, 0.717) is 24.2 Å². The number of nitrogens with two attached hydrogens (primary N) is 1. The van der Waals surface area contributed by atoms with Crippen LogP contribution >= 0.6 is 0 Å². The second-order valence-corrected chi connectivity index (χ2v) is 4.32. The first-order valence-electron chi connectivity index (χ1n) is 6.02. The number of halogens is 2. The van der Waals surface area contributed by atoms with Crippen LogP contribution in [0.15, 0.2) is 35.7 Å². The summed E-state index contributed by atoms with van der Waals surface area (Å²) < 4.78 is 27.4. The smallest absolute Gasteiger partial charge is 0.219 e. The van der Waals surface area contributed by atoms with Crippen LogP contribution < -0.4 is 10.7 Å². The van der Waals surface area contributed by atoms with Crippen molar-refractivity contribution in [3.05, 3.63) is 47.8 Å². The van der Waals surface area contributed by atoms with E-state index in [-0.39, 0.29) is 11.6 Å². The van der Waals surface area contributed by atoms with E-state index < -0.39 is 11.6 Å². The van der Waals surface area contributed by atoms with E-state index in [4.69, 9.17) is 5.73 Å². The van der Waals surface area contributed by atoms with E-state index in [1.54, 1.807) is 12.4 Å². The number of hydrazone groups is 1. The predicted molar refractivity (Wildman–Crippen MR) is 71.3 cm³/mol. The van der Waals surface area contributed by atoms with Crippen LogP contribution in [0.1, 0.15) is 12.0 Å². The monoisotopic (exact) mass is 275 g/mol. The lowest BCUT2D eigenvalue weighted by molar-refractivity contribution is 0.576. The van der Waals surface area contributed by atoms with Gasteiger partial charge in [-0.25, -0.2) is 18.7 Å². The van der Waals surface area contributed by atoms with Crippen molar-refractivity contribution in [1.82, 2.24) is 9.97 Å². The van der Waals surface area contributed by atoms with Gasteiger partial charge in [0.15, 0.2) is 11.6 Å². The molecular formula is C13H11F2N5. The zero-order chi connectivity index (χ0) is 14.1. The third-order valence-corrected chi connectivity index (χ3v) is 3.00. The third-order valence-electron chi connectivity index (χ3n) is 3.00. The molecular weight excluding hydrogens is 264 g/mol. The maximum absolute atomic E-state index is 13.7. The Morgan fingerprint density at radius 2 is 1.75 bits per heavy atom. The van der Waals surface area contributed by atoms with Crippen molar-refractivity contribution in [1.29, 1.82) is 0 Å². The molecule has 102 valence electrons. The molecule has 2 aromatic rings. The van der Waals surface area contributed by atoms with Gasteiger partial charge in [0, 0.05) is 30.9 Å². The fraction of sp³-hybridized carbons (Fsp3) is 0.154. The number of hydrogen-bond acceptors (Lipinski definition) is 5. The maximum Gasteiger partial charge on any atom is 0.219 e. The molecule has 0 saturated carbocycles. The quantitative estimate of drug-likeness (QED) is 0.909. The zero-order valence-corrected chi connectivity index (χ0v) is 10.4. The highest BCUT2D eigenvalue weighted by molar-refractivity contribution is 6.02. The number of rotatable bonds is 2. The van der Waals surface area contributed by atoms with Gasteiger partial charge in [-0.3, -0.25) is 5.01 Å². The van der Waals surface area contributed by atoms with Gasteiger partial charge >= 0.3 is 0 Å². The first kappa shape index (κ1) is 12.5. The van der Waals surface area contributed by atoms with Crippen molar-refractivity contribution in [2.24, 2.45) is 5.10 Å². The van der Waals surface area contributed by atoms with E-state index in [1.807, 2.05) is 0 Å². The number of nitrogen functional groups attached to an aromatic ring is 1. The van der Waals surface area contributed by atoms with Gasteiger partial charge in [-0.15, -0.1) is 0 Å². The van der Waals surface area contributed by atoms with Crippen LogP contribution in [0.4, 0.5) is 20.4 Å². The van der Waals surface area contributed by atoms with Crippen molar-refractivity contribution >= 4 is 17.3 Å². The van der Waals surface area contributed by atoms with Crippen molar-refractivity contribution in [2.45, 2.75) is 6.42 Å². The van der Waals surface area contributed by atoms with E-state index in [1.165, 1.54) is 23.2 Å². The Labute approximate surface area is 113 Å². The molecule has 0 amide bonds. The van der Waals surface area contributed by atoms with Gasteiger partial charge in [0.25, 0.3) is 0 Å². The number of para-hydroxylation sites is 1. The minimum Gasteiger partial charge on any atom is -0.368 e. The third kappa shape index (κ3) is 2.18. The molecule has 20 heavy (non-hydrogen) atoms. The van der Waals surface area contributed by atoms with Gasteiger partial charge in [-0.05, 0) is 12.1 Å². The van der Waals surface area contributed by atoms with Crippen molar-refractivity contribution < 1.29 is 8.78 Å². The summed E-state index contributed by atoms with van der Waals surface area (Å²) in [5.74, 6) is -1.10. The molecule has 0 bridgehead atoms. The zero-order valence-electron chi connectivity index (χ0n) is 10.4. The van der Waals surface area contributed by atoms with Gasteiger partial charge in [-0.1, -0.05) is 6.07 Å². The SMILES string of the molecule is Nc1ncc(C2=NN(c3c(F)cccc3F)CC2)cn1. The molecule has 0 atom stereocenters. The summed E-state index contributed by atoms with van der Waals surface area (Å²) in [7, 11) is 0. The summed E-state index contributed by atoms with van der Waals surface area (Å²) in [5.41, 5.74) is 6.64. The molecule has 7 heteroatoms. The normalized spacial score (nSPS) is 14.5. The molecule has 1 aromatic carbocycles. The number of anilines is 2. The number of hydrogen-bond donors (Lipinski definition) is 1. The van der Waals surface area contributed by atoms with Crippen molar-refractivity contribution in [3.8, 4) is 0 Å². The van der Waals surface area contributed by atoms with Gasteiger partial charge in [0.2, 0.25) is 5.95 Å². The molecule has 5 nitrogen and oxygen atoms in total. The van der Waals surface area contributed by atoms with Crippen LogP contribution in [0.5, 0.6) is 0 Å². The fourth-order valence-electron chi connectivity index (χ4n) is 2.04. The minimum atomic E-state index is -0.636. The molecule has 1 aliphatic rings. The lowest BCUT2D eigenvalue weighted by atomic mass is 10.1. The number of nitrogens with zero attached hydrogens (tertiary/aromatic N) is 4. The Kier molecular flexibility index (Phi) is 3.02. The number of aromatic nitrogens is 2. The molecule has 0 aliphatic carbocycles. The molecule has 1 aromatic heterocycles. The summed E-state index contributed by atoms with van der Waals surface area (Å²) >= 11 is 0. The highest BCUT2D eigenvalue weighted by Crippen LogP contribution is 2.27. The van der Waals surface area contributed by atoms with Crippen LogP contribution in [-0.4, -0.2) is 22.2 Å². The Balaban J connectivity index is 1.93. The molecule has 1 aliphatic heterocycles. The topological polar surface area (TPSA) is 67.4 Å². The largest absolute Gasteiger partial charge is 0.368 e. The fourth-order valence-corrected chi connectivity index (χ4v) is 2.04. The van der Waals surface area contributed by atoms with E-state index in [0.717, 1.165) is 0 Å². The highest BCUT2D eigenvalue weighted by Gasteiger charge is 2.22. The minimum absolute atomic E-state index is 0.140. The molecule has 0 saturated heterocycles. The van der Waals surface area contributed by atoms with Gasteiger partial charge < -0.3 is 5.73 Å². The average molecular weight is 275 g/mol. The van der Waals surface area contributed by atoms with Crippen LogP contribution in [0, 0.1) is 11.6 Å². The second-order valence-electron chi connectivity index (χ2n) is 4.32. The Bertz CT molecular complexity index is 649. The highest BCUT2D eigenvalue weighted by atomic mass is 19.1. The van der Waals surface area contributed by atoms with Crippen molar-refractivity contribution in [2.75, 3.05) is 17.3 Å². The predicted octanol–water partition coefficient (Wildman–Crippen LogP) is 1.95. The Hall–Kier alpha value is -2.57. The maximum atomic E-state index is 13.7. The molecule has 2 heterocycles. The lowest BCUT2D eigenvalue weighted by Crippen LogP contribution is -2.15. The Morgan fingerprint density at radius 3 is 2.40 bits per heavy atom. The molecule has 0 spiro atoms. The average Bonchev–Trinajstić information content (AvgIpc) is 2.89. The van der Waals surface area contributed by atoms with Gasteiger partial charge in [0.05, 0.1) is 5.71 Å². The summed E-state index contributed by atoms with van der Waals surface area (Å²) in [5, 5.41) is 5.54. The first-order valence-corrected chi connectivity index (χ1v) is 6.02. The van der Waals surface area contributed by atoms with E-state index in [2.05, 4.69) is 15.1 Å². The van der Waals surface area contributed by atoms with E-state index in [9.17, 15) is 8.78 Å². The van der Waals surface area contributed by atoms with Crippen LogP contribution in [0.2, 0.25) is 0 Å². The van der Waals surface area contributed by atoms with Crippen LogP contribution in [0.25, 0.3) is 0 Å². The van der Waals surface area contributed by atoms with Gasteiger partial charge in [0.1, 0.15) is 5.69 Å². The van der Waals surface area contributed by atoms with Crippen LogP contribution in [0.3, 0.4) is 0 Å². The Morgan fingerprint density at radius 1 is 1.10 bits per heavy atom. The summed E-state index contributed by atoms with van der Waals surface area (Å²) in [4.78, 5) is 7.75. The number of benzene rings is 1. The lowest BCUT2D eigenvalue weighted by Gasteiger charge is -2.14. The van der Waals surface area contributed by atoms with Crippen molar-refractivity contribution in [3.63, 3.8) is 0 Å². The molecule has 0 fully saturated rings. The van der Waals surface area contributed by atoms with Gasteiger partial charge in [-0.2, -0.15) is 5.10 Å². The summed E-state index contributed by atoms with van der Waals surface area (Å²) in [6, 6.07) is 3.74. The first-order chi connectivity index (χ1) is 9.65. The standard InChI is InChI=1S/C13H11F2N5/c14-9-2-1-3-10(15)12(9)20-5-4-11(19-20)8-6-17-13(16)18-7-8/h1-3,6-7H,4-5H2,(H2,16,17,18). The van der Waals surface area contributed by atoms with Crippen LogP contribution in [-0.2, 0) is 0 Å². The van der Waals surface area contributed by atoms with E-state index >= 15 is 0 Å². The summed E-state index contributed by atoms with van der Waals surface area (Å²) in [6.07, 6.45) is 3.64. The second kappa shape index (κ2) is 4.84.